The van der Waals surface area contributed by atoms with Crippen molar-refractivity contribution in [3.05, 3.63) is 0 Å². The number of hydrogen-bond acceptors (Lipinski definition) is 3. The third kappa shape index (κ3) is 2.07. The van der Waals surface area contributed by atoms with Crippen LogP contribution in [0.25, 0.3) is 0 Å². The fraction of sp³-hybridized carbons (Fsp3) is 0.900. The van der Waals surface area contributed by atoms with E-state index in [1.165, 1.54) is 0 Å². The Labute approximate surface area is 83.5 Å². The average Bonchev–Trinajstić information content (AvgIpc) is 2.92. The van der Waals surface area contributed by atoms with Crippen LogP contribution in [-0.2, 0) is 4.79 Å². The van der Waals surface area contributed by atoms with E-state index in [1.807, 2.05) is 4.90 Å². The number of likely N-dealkylation sites (tertiary alicyclic amines) is 1. The quantitative estimate of drug-likeness (QED) is 0.686. The lowest BCUT2D eigenvalue weighted by molar-refractivity contribution is -0.145. The zero-order valence-corrected chi connectivity index (χ0v) is 8.22. The molecule has 2 rings (SSSR count). The van der Waals surface area contributed by atoms with Crippen LogP contribution < -0.4 is 0 Å². The van der Waals surface area contributed by atoms with Crippen molar-refractivity contribution in [2.45, 2.75) is 37.8 Å². The maximum atomic E-state index is 11.1. The molecule has 0 bridgehead atoms. The normalized spacial score (nSPS) is 27.5. The molecular formula is C10H17NO3. The molecule has 14 heavy (non-hydrogen) atoms. The van der Waals surface area contributed by atoms with Gasteiger partial charge < -0.3 is 10.2 Å². The number of carboxylic acids is 1. The SMILES string of the molecule is O=C(O)C(C1CC1)N1CCC(O)CC1. The Morgan fingerprint density at radius 1 is 1.21 bits per heavy atom. The lowest BCUT2D eigenvalue weighted by atomic mass is 10.0. The van der Waals surface area contributed by atoms with Gasteiger partial charge in [-0.2, -0.15) is 0 Å². The van der Waals surface area contributed by atoms with Crippen LogP contribution in [0.15, 0.2) is 0 Å². The van der Waals surface area contributed by atoms with Crippen molar-refractivity contribution in [1.29, 1.82) is 0 Å². The summed E-state index contributed by atoms with van der Waals surface area (Å²) in [6.45, 7) is 1.46. The first-order valence-corrected chi connectivity index (χ1v) is 5.33. The Bertz CT molecular complexity index is 219. The highest BCUT2D eigenvalue weighted by Crippen LogP contribution is 2.36. The van der Waals surface area contributed by atoms with Crippen LogP contribution in [0.4, 0.5) is 0 Å². The second kappa shape index (κ2) is 3.87. The maximum Gasteiger partial charge on any atom is 0.321 e. The number of aliphatic carboxylic acids is 1. The highest BCUT2D eigenvalue weighted by molar-refractivity contribution is 5.74. The number of nitrogens with zero attached hydrogens (tertiary/aromatic N) is 1. The van der Waals surface area contributed by atoms with Gasteiger partial charge in [0, 0.05) is 13.1 Å². The number of hydrogen-bond donors (Lipinski definition) is 2. The number of aliphatic hydroxyl groups is 1. The molecule has 1 aliphatic carbocycles. The van der Waals surface area contributed by atoms with Crippen molar-refractivity contribution in [1.82, 2.24) is 4.90 Å². The van der Waals surface area contributed by atoms with E-state index in [1.54, 1.807) is 0 Å². The lowest BCUT2D eigenvalue weighted by Gasteiger charge is -2.34. The van der Waals surface area contributed by atoms with Crippen molar-refractivity contribution in [3.8, 4) is 0 Å². The second-order valence-electron chi connectivity index (χ2n) is 4.39. The molecule has 0 radical (unpaired) electrons. The van der Waals surface area contributed by atoms with E-state index in [9.17, 15) is 9.90 Å². The lowest BCUT2D eigenvalue weighted by Crippen LogP contribution is -2.47. The Kier molecular flexibility index (Phi) is 2.74. The molecule has 1 aliphatic heterocycles. The smallest absolute Gasteiger partial charge is 0.321 e. The minimum atomic E-state index is -0.691. The molecule has 0 aromatic carbocycles. The van der Waals surface area contributed by atoms with Gasteiger partial charge in [-0.15, -0.1) is 0 Å². The topological polar surface area (TPSA) is 60.8 Å². The first-order chi connectivity index (χ1) is 6.68. The fourth-order valence-corrected chi connectivity index (χ4v) is 2.23. The van der Waals surface area contributed by atoms with Gasteiger partial charge in [0.1, 0.15) is 6.04 Å². The van der Waals surface area contributed by atoms with E-state index in [4.69, 9.17) is 5.11 Å². The van der Waals surface area contributed by atoms with Crippen molar-refractivity contribution < 1.29 is 15.0 Å². The van der Waals surface area contributed by atoms with Crippen LogP contribution in [-0.4, -0.2) is 46.3 Å². The second-order valence-corrected chi connectivity index (χ2v) is 4.39. The largest absolute Gasteiger partial charge is 0.480 e. The molecule has 0 amide bonds. The standard InChI is InChI=1S/C10H17NO3/c12-8-3-5-11(6-4-8)9(10(13)14)7-1-2-7/h7-9,12H,1-6H2,(H,13,14). The van der Waals surface area contributed by atoms with Gasteiger partial charge in [0.05, 0.1) is 6.10 Å². The van der Waals surface area contributed by atoms with Crippen LogP contribution >= 0.6 is 0 Å². The predicted octanol–water partition coefficient (Wildman–Crippen LogP) is 0.306. The molecule has 0 aromatic rings. The number of rotatable bonds is 3. The zero-order chi connectivity index (χ0) is 10.1. The molecule has 1 saturated heterocycles. The molecular weight excluding hydrogens is 182 g/mol. The monoisotopic (exact) mass is 199 g/mol. The number of piperidine rings is 1. The molecule has 1 atom stereocenters. The third-order valence-corrected chi connectivity index (χ3v) is 3.21. The summed E-state index contributed by atoms with van der Waals surface area (Å²) in [4.78, 5) is 13.1. The zero-order valence-electron chi connectivity index (χ0n) is 8.22. The van der Waals surface area contributed by atoms with Gasteiger partial charge in [-0.3, -0.25) is 9.69 Å². The summed E-state index contributed by atoms with van der Waals surface area (Å²) in [6, 6.07) is -0.289. The molecule has 0 aromatic heterocycles. The number of aliphatic hydroxyl groups excluding tert-OH is 1. The summed E-state index contributed by atoms with van der Waals surface area (Å²) in [5, 5.41) is 18.4. The summed E-state index contributed by atoms with van der Waals surface area (Å²) in [7, 11) is 0. The Balaban J connectivity index is 1.94. The van der Waals surface area contributed by atoms with E-state index in [2.05, 4.69) is 0 Å². The van der Waals surface area contributed by atoms with E-state index in [0.717, 1.165) is 38.8 Å². The summed E-state index contributed by atoms with van der Waals surface area (Å²) in [5.41, 5.74) is 0. The van der Waals surface area contributed by atoms with E-state index < -0.39 is 5.97 Å². The van der Waals surface area contributed by atoms with Gasteiger partial charge >= 0.3 is 5.97 Å². The molecule has 1 saturated carbocycles. The highest BCUT2D eigenvalue weighted by atomic mass is 16.4. The molecule has 1 unspecified atom stereocenters. The molecule has 0 spiro atoms. The van der Waals surface area contributed by atoms with Gasteiger partial charge in [-0.1, -0.05) is 0 Å². The minimum Gasteiger partial charge on any atom is -0.480 e. The molecule has 80 valence electrons. The maximum absolute atomic E-state index is 11.1. The summed E-state index contributed by atoms with van der Waals surface area (Å²) >= 11 is 0. The van der Waals surface area contributed by atoms with Gasteiger partial charge in [0.25, 0.3) is 0 Å². The summed E-state index contributed by atoms with van der Waals surface area (Å²) < 4.78 is 0. The minimum absolute atomic E-state index is 0.222. The van der Waals surface area contributed by atoms with E-state index >= 15 is 0 Å². The molecule has 2 aliphatic rings. The molecule has 1 heterocycles. The van der Waals surface area contributed by atoms with Crippen LogP contribution in [0.1, 0.15) is 25.7 Å². The van der Waals surface area contributed by atoms with Gasteiger partial charge in [-0.05, 0) is 31.6 Å². The third-order valence-electron chi connectivity index (χ3n) is 3.21. The van der Waals surface area contributed by atoms with Crippen LogP contribution in [0, 0.1) is 5.92 Å². The van der Waals surface area contributed by atoms with Crippen molar-refractivity contribution in [3.63, 3.8) is 0 Å². The van der Waals surface area contributed by atoms with Crippen LogP contribution in [0.2, 0.25) is 0 Å². The van der Waals surface area contributed by atoms with Crippen molar-refractivity contribution >= 4 is 5.97 Å². The van der Waals surface area contributed by atoms with E-state index in [-0.39, 0.29) is 12.1 Å². The Morgan fingerprint density at radius 2 is 1.79 bits per heavy atom. The summed E-state index contributed by atoms with van der Waals surface area (Å²) in [6.07, 6.45) is 3.32. The molecule has 4 nitrogen and oxygen atoms in total. The average molecular weight is 199 g/mol. The Hall–Kier alpha value is -0.610. The van der Waals surface area contributed by atoms with Gasteiger partial charge in [0.15, 0.2) is 0 Å². The molecule has 2 N–H and O–H groups in total. The number of carbonyl (C=O) groups is 1. The molecule has 4 heteroatoms. The first-order valence-electron chi connectivity index (χ1n) is 5.33. The van der Waals surface area contributed by atoms with Crippen LogP contribution in [0.5, 0.6) is 0 Å². The summed E-state index contributed by atoms with van der Waals surface area (Å²) in [5.74, 6) is -0.327. The van der Waals surface area contributed by atoms with Crippen LogP contribution in [0.3, 0.4) is 0 Å². The Morgan fingerprint density at radius 3 is 2.21 bits per heavy atom. The van der Waals surface area contributed by atoms with E-state index in [0.29, 0.717) is 5.92 Å². The first kappa shape index (κ1) is 9.93. The molecule has 2 fully saturated rings. The van der Waals surface area contributed by atoms with Crippen molar-refractivity contribution in [2.75, 3.05) is 13.1 Å². The fourth-order valence-electron chi connectivity index (χ4n) is 2.23. The number of carboxylic acid groups (broad SMARTS) is 1. The van der Waals surface area contributed by atoms with Gasteiger partial charge in [0.2, 0.25) is 0 Å². The predicted molar refractivity (Wildman–Crippen MR) is 51.0 cm³/mol. The van der Waals surface area contributed by atoms with Crippen molar-refractivity contribution in [2.24, 2.45) is 5.92 Å². The highest BCUT2D eigenvalue weighted by Gasteiger charge is 2.41. The van der Waals surface area contributed by atoms with Gasteiger partial charge in [-0.25, -0.2) is 0 Å².